The molecule has 2 aliphatic heterocycles. The molecular weight excluding hydrogens is 266 g/mol. The summed E-state index contributed by atoms with van der Waals surface area (Å²) < 4.78 is 22.4. The number of carbonyl (C=O) groups is 1. The van der Waals surface area contributed by atoms with E-state index in [2.05, 4.69) is 4.90 Å². The Labute approximate surface area is 115 Å². The molecule has 1 amide bonds. The third-order valence-corrected chi connectivity index (χ3v) is 5.24. The molecule has 2 N–H and O–H groups in total. The number of unbranched alkanes of at least 4 members (excludes halogenated alkanes) is 1. The average molecular weight is 289 g/mol. The van der Waals surface area contributed by atoms with Crippen molar-refractivity contribution in [3.05, 3.63) is 0 Å². The van der Waals surface area contributed by atoms with Crippen molar-refractivity contribution in [3.63, 3.8) is 0 Å². The molecule has 2 aliphatic rings. The summed E-state index contributed by atoms with van der Waals surface area (Å²) in [6.45, 7) is 4.38. The van der Waals surface area contributed by atoms with E-state index in [0.29, 0.717) is 6.54 Å². The number of amides is 1. The van der Waals surface area contributed by atoms with Crippen LogP contribution in [-0.4, -0.2) is 62.1 Å². The Bertz CT molecular complexity index is 418. The number of rotatable bonds is 6. The molecule has 0 aromatic carbocycles. The van der Waals surface area contributed by atoms with Crippen LogP contribution in [0, 0.1) is 0 Å². The molecule has 0 bridgehead atoms. The quantitative estimate of drug-likeness (QED) is 0.684. The van der Waals surface area contributed by atoms with E-state index in [1.54, 1.807) is 4.90 Å². The van der Waals surface area contributed by atoms with Crippen molar-refractivity contribution in [3.8, 4) is 0 Å². The smallest absolute Gasteiger partial charge is 0.224 e. The lowest BCUT2D eigenvalue weighted by atomic mass is 10.3. The van der Waals surface area contributed by atoms with Crippen molar-refractivity contribution in [1.82, 2.24) is 9.80 Å². The van der Waals surface area contributed by atoms with Gasteiger partial charge in [0.25, 0.3) is 0 Å². The highest BCUT2D eigenvalue weighted by Crippen LogP contribution is 2.17. The van der Waals surface area contributed by atoms with Crippen molar-refractivity contribution in [1.29, 1.82) is 0 Å². The second-order valence-electron chi connectivity index (χ2n) is 5.51. The third-order valence-electron chi connectivity index (χ3n) is 3.99. The van der Waals surface area contributed by atoms with Gasteiger partial charge in [0.05, 0.1) is 0 Å². The topological polar surface area (TPSA) is 83.7 Å². The highest BCUT2D eigenvalue weighted by Gasteiger charge is 2.35. The first-order valence-corrected chi connectivity index (χ1v) is 8.59. The monoisotopic (exact) mass is 289 g/mol. The normalized spacial score (nSPS) is 25.4. The number of likely N-dealkylation sites (tertiary alicyclic amines) is 2. The van der Waals surface area contributed by atoms with Crippen LogP contribution in [0.5, 0.6) is 0 Å². The molecule has 0 aromatic rings. The van der Waals surface area contributed by atoms with Crippen molar-refractivity contribution >= 4 is 15.9 Å². The van der Waals surface area contributed by atoms with Gasteiger partial charge in [0.15, 0.2) is 0 Å². The molecule has 1 atom stereocenters. The van der Waals surface area contributed by atoms with Crippen molar-refractivity contribution in [2.75, 3.05) is 32.7 Å². The predicted molar refractivity (Wildman–Crippen MR) is 73.0 cm³/mol. The van der Waals surface area contributed by atoms with E-state index in [1.807, 2.05) is 0 Å². The van der Waals surface area contributed by atoms with E-state index in [1.165, 1.54) is 25.9 Å². The SMILES string of the molecule is NS(=O)(=O)C1CC(=O)N(CCCCN2CCCC2)C1. The summed E-state index contributed by atoms with van der Waals surface area (Å²) in [4.78, 5) is 15.8. The molecule has 0 aliphatic carbocycles. The number of hydrogen-bond donors (Lipinski definition) is 1. The lowest BCUT2D eigenvalue weighted by Gasteiger charge is -2.18. The van der Waals surface area contributed by atoms with Crippen LogP contribution in [0.3, 0.4) is 0 Å². The zero-order chi connectivity index (χ0) is 13.9. The maximum atomic E-state index is 11.7. The largest absolute Gasteiger partial charge is 0.341 e. The van der Waals surface area contributed by atoms with E-state index in [-0.39, 0.29) is 18.9 Å². The summed E-state index contributed by atoms with van der Waals surface area (Å²) in [5, 5.41) is 4.38. The standard InChI is InChI=1S/C12H23N3O3S/c13-19(17,18)11-9-12(16)15(10-11)8-4-3-7-14-5-1-2-6-14/h11H,1-10H2,(H2,13,17,18). The number of nitrogens with zero attached hydrogens (tertiary/aromatic N) is 2. The Morgan fingerprint density at radius 2 is 1.79 bits per heavy atom. The summed E-state index contributed by atoms with van der Waals surface area (Å²) in [6.07, 6.45) is 4.62. The lowest BCUT2D eigenvalue weighted by molar-refractivity contribution is -0.127. The summed E-state index contributed by atoms with van der Waals surface area (Å²) in [5.41, 5.74) is 0. The molecule has 1 unspecified atom stereocenters. The Morgan fingerprint density at radius 1 is 1.16 bits per heavy atom. The Hall–Kier alpha value is -0.660. The van der Waals surface area contributed by atoms with Crippen LogP contribution < -0.4 is 5.14 Å². The first-order chi connectivity index (χ1) is 8.97. The van der Waals surface area contributed by atoms with Crippen LogP contribution in [0.15, 0.2) is 0 Å². The van der Waals surface area contributed by atoms with Crippen LogP contribution in [0.1, 0.15) is 32.1 Å². The van der Waals surface area contributed by atoms with E-state index < -0.39 is 15.3 Å². The minimum Gasteiger partial charge on any atom is -0.341 e. The van der Waals surface area contributed by atoms with Gasteiger partial charge in [-0.3, -0.25) is 4.79 Å². The summed E-state index contributed by atoms with van der Waals surface area (Å²) in [5.74, 6) is -0.0832. The van der Waals surface area contributed by atoms with Crippen molar-refractivity contribution < 1.29 is 13.2 Å². The molecule has 2 rings (SSSR count). The van der Waals surface area contributed by atoms with Gasteiger partial charge in [0, 0.05) is 19.5 Å². The van der Waals surface area contributed by atoms with Gasteiger partial charge in [0.2, 0.25) is 15.9 Å². The maximum Gasteiger partial charge on any atom is 0.224 e. The summed E-state index contributed by atoms with van der Waals surface area (Å²) >= 11 is 0. The van der Waals surface area contributed by atoms with Gasteiger partial charge in [-0.25, -0.2) is 13.6 Å². The molecule has 0 spiro atoms. The van der Waals surface area contributed by atoms with Gasteiger partial charge < -0.3 is 9.80 Å². The van der Waals surface area contributed by atoms with Gasteiger partial charge in [-0.15, -0.1) is 0 Å². The number of nitrogens with two attached hydrogens (primary N) is 1. The molecule has 2 heterocycles. The van der Waals surface area contributed by atoms with Crippen molar-refractivity contribution in [2.24, 2.45) is 5.14 Å². The van der Waals surface area contributed by atoms with E-state index >= 15 is 0 Å². The molecule has 0 saturated carbocycles. The van der Waals surface area contributed by atoms with Gasteiger partial charge >= 0.3 is 0 Å². The first-order valence-electron chi connectivity index (χ1n) is 6.98. The van der Waals surface area contributed by atoms with Crippen molar-refractivity contribution in [2.45, 2.75) is 37.4 Å². The molecule has 2 fully saturated rings. The molecule has 2 saturated heterocycles. The summed E-state index contributed by atoms with van der Waals surface area (Å²) in [6, 6.07) is 0. The second-order valence-corrected chi connectivity index (χ2v) is 7.36. The molecule has 0 radical (unpaired) electrons. The average Bonchev–Trinajstić information content (AvgIpc) is 2.93. The minimum absolute atomic E-state index is 0.0466. The van der Waals surface area contributed by atoms with Gasteiger partial charge in [-0.05, 0) is 45.3 Å². The maximum absolute atomic E-state index is 11.7. The highest BCUT2D eigenvalue weighted by molar-refractivity contribution is 7.89. The minimum atomic E-state index is -3.58. The zero-order valence-electron chi connectivity index (χ0n) is 11.3. The zero-order valence-corrected chi connectivity index (χ0v) is 12.1. The van der Waals surface area contributed by atoms with Crippen LogP contribution >= 0.6 is 0 Å². The second kappa shape index (κ2) is 6.19. The first kappa shape index (κ1) is 14.7. The Balaban J connectivity index is 1.67. The molecule has 6 nitrogen and oxygen atoms in total. The highest BCUT2D eigenvalue weighted by atomic mass is 32.2. The summed E-state index contributed by atoms with van der Waals surface area (Å²) in [7, 11) is -3.58. The predicted octanol–water partition coefficient (Wildman–Crippen LogP) is -0.248. The molecule has 110 valence electrons. The third kappa shape index (κ3) is 4.15. The fourth-order valence-corrected chi connectivity index (χ4v) is 3.58. The van der Waals surface area contributed by atoms with Gasteiger partial charge in [-0.1, -0.05) is 0 Å². The molecule has 19 heavy (non-hydrogen) atoms. The van der Waals surface area contributed by atoms with E-state index in [9.17, 15) is 13.2 Å². The number of primary sulfonamides is 1. The van der Waals surface area contributed by atoms with Crippen LogP contribution in [0.25, 0.3) is 0 Å². The Kier molecular flexibility index (Phi) is 4.81. The van der Waals surface area contributed by atoms with Crippen LogP contribution in [0.4, 0.5) is 0 Å². The lowest BCUT2D eigenvalue weighted by Crippen LogP contribution is -2.32. The fraction of sp³-hybridized carbons (Fsp3) is 0.917. The molecule has 0 aromatic heterocycles. The molecular formula is C12H23N3O3S. The Morgan fingerprint density at radius 3 is 2.37 bits per heavy atom. The number of hydrogen-bond acceptors (Lipinski definition) is 4. The number of sulfonamides is 1. The van der Waals surface area contributed by atoms with Crippen LogP contribution in [0.2, 0.25) is 0 Å². The fourth-order valence-electron chi connectivity index (χ4n) is 2.82. The van der Waals surface area contributed by atoms with Gasteiger partial charge in [-0.2, -0.15) is 0 Å². The number of carbonyl (C=O) groups excluding carboxylic acids is 1. The van der Waals surface area contributed by atoms with E-state index in [0.717, 1.165) is 19.4 Å². The van der Waals surface area contributed by atoms with Gasteiger partial charge in [0.1, 0.15) is 5.25 Å². The van der Waals surface area contributed by atoms with E-state index in [4.69, 9.17) is 5.14 Å². The van der Waals surface area contributed by atoms with Crippen LogP contribution in [-0.2, 0) is 14.8 Å². The molecule has 7 heteroatoms.